The minimum absolute atomic E-state index is 0.00528. The SMILES string of the molecule is O=C(Nc1ccc(O)c(C(F)(F)F)c1)C1CCCOC1. The van der Waals surface area contributed by atoms with E-state index in [0.717, 1.165) is 18.6 Å². The number of benzene rings is 1. The molecule has 20 heavy (non-hydrogen) atoms. The van der Waals surface area contributed by atoms with Crippen LogP contribution >= 0.6 is 0 Å². The number of halogens is 3. The van der Waals surface area contributed by atoms with E-state index in [0.29, 0.717) is 13.0 Å². The molecule has 0 aliphatic carbocycles. The van der Waals surface area contributed by atoms with Gasteiger partial charge in [-0.05, 0) is 31.0 Å². The second-order valence-electron chi connectivity index (χ2n) is 4.63. The van der Waals surface area contributed by atoms with Crippen LogP contribution in [0.2, 0.25) is 0 Å². The lowest BCUT2D eigenvalue weighted by Crippen LogP contribution is -2.30. The number of rotatable bonds is 2. The van der Waals surface area contributed by atoms with Gasteiger partial charge in [0.1, 0.15) is 5.75 Å². The molecule has 1 unspecified atom stereocenters. The highest BCUT2D eigenvalue weighted by Crippen LogP contribution is 2.37. The van der Waals surface area contributed by atoms with Crippen LogP contribution in [-0.2, 0) is 15.7 Å². The van der Waals surface area contributed by atoms with Crippen molar-refractivity contribution < 1.29 is 27.8 Å². The average Bonchev–Trinajstić information content (AvgIpc) is 2.40. The number of alkyl halides is 3. The second-order valence-corrected chi connectivity index (χ2v) is 4.63. The first-order chi connectivity index (χ1) is 9.38. The van der Waals surface area contributed by atoms with E-state index in [4.69, 9.17) is 4.74 Å². The van der Waals surface area contributed by atoms with Crippen LogP contribution in [-0.4, -0.2) is 24.2 Å². The van der Waals surface area contributed by atoms with Crippen LogP contribution in [0.3, 0.4) is 0 Å². The van der Waals surface area contributed by atoms with Gasteiger partial charge >= 0.3 is 6.18 Å². The lowest BCUT2D eigenvalue weighted by molar-refractivity contribution is -0.138. The zero-order valence-corrected chi connectivity index (χ0v) is 10.5. The standard InChI is InChI=1S/C13H14F3NO3/c14-13(15,16)10-6-9(3-4-11(10)18)17-12(19)8-2-1-5-20-7-8/h3-4,6,8,18H,1-2,5,7H2,(H,17,19). The van der Waals surface area contributed by atoms with E-state index in [-0.39, 0.29) is 24.1 Å². The van der Waals surface area contributed by atoms with E-state index in [1.807, 2.05) is 0 Å². The largest absolute Gasteiger partial charge is 0.507 e. The fourth-order valence-electron chi connectivity index (χ4n) is 2.03. The summed E-state index contributed by atoms with van der Waals surface area (Å²) in [5.41, 5.74) is -1.17. The molecule has 0 radical (unpaired) electrons. The molecule has 4 nitrogen and oxygen atoms in total. The summed E-state index contributed by atoms with van der Waals surface area (Å²) in [6.07, 6.45) is -3.27. The summed E-state index contributed by atoms with van der Waals surface area (Å²) in [4.78, 5) is 11.9. The molecule has 1 heterocycles. The molecule has 1 aromatic rings. The van der Waals surface area contributed by atoms with E-state index < -0.39 is 17.5 Å². The predicted molar refractivity (Wildman–Crippen MR) is 65.3 cm³/mol. The highest BCUT2D eigenvalue weighted by molar-refractivity contribution is 5.92. The molecule has 1 fully saturated rings. The molecular formula is C13H14F3NO3. The molecule has 1 aliphatic rings. The topological polar surface area (TPSA) is 58.6 Å². The first-order valence-corrected chi connectivity index (χ1v) is 6.17. The van der Waals surface area contributed by atoms with Crippen molar-refractivity contribution in [2.75, 3.05) is 18.5 Å². The van der Waals surface area contributed by atoms with Gasteiger partial charge < -0.3 is 15.2 Å². The van der Waals surface area contributed by atoms with Gasteiger partial charge in [-0.25, -0.2) is 0 Å². The Bertz CT molecular complexity index is 496. The minimum Gasteiger partial charge on any atom is -0.507 e. The van der Waals surface area contributed by atoms with Crippen molar-refractivity contribution in [1.82, 2.24) is 0 Å². The third-order valence-corrected chi connectivity index (χ3v) is 3.10. The summed E-state index contributed by atoms with van der Waals surface area (Å²) in [6.45, 7) is 0.872. The molecule has 1 amide bonds. The summed E-state index contributed by atoms with van der Waals surface area (Å²) in [6, 6.07) is 2.86. The first kappa shape index (κ1) is 14.6. The van der Waals surface area contributed by atoms with Crippen LogP contribution in [0.4, 0.5) is 18.9 Å². The number of carbonyl (C=O) groups excluding carboxylic acids is 1. The van der Waals surface area contributed by atoms with Gasteiger partial charge in [0, 0.05) is 12.3 Å². The smallest absolute Gasteiger partial charge is 0.420 e. The van der Waals surface area contributed by atoms with Crippen LogP contribution in [0.5, 0.6) is 5.75 Å². The van der Waals surface area contributed by atoms with Crippen molar-refractivity contribution in [1.29, 1.82) is 0 Å². The molecule has 1 aliphatic heterocycles. The minimum atomic E-state index is -4.67. The Morgan fingerprint density at radius 3 is 2.75 bits per heavy atom. The van der Waals surface area contributed by atoms with E-state index in [2.05, 4.69) is 5.32 Å². The summed E-state index contributed by atoms with van der Waals surface area (Å²) in [7, 11) is 0. The number of ether oxygens (including phenoxy) is 1. The van der Waals surface area contributed by atoms with Gasteiger partial charge in [0.15, 0.2) is 0 Å². The Kier molecular flexibility index (Phi) is 4.17. The number of hydrogen-bond acceptors (Lipinski definition) is 3. The Hall–Kier alpha value is -1.76. The molecule has 2 rings (SSSR count). The molecule has 0 saturated carbocycles. The number of anilines is 1. The van der Waals surface area contributed by atoms with Crippen molar-refractivity contribution in [2.24, 2.45) is 5.92 Å². The van der Waals surface area contributed by atoms with Crippen molar-refractivity contribution in [2.45, 2.75) is 19.0 Å². The molecule has 7 heteroatoms. The van der Waals surface area contributed by atoms with Crippen molar-refractivity contribution >= 4 is 11.6 Å². The molecule has 0 bridgehead atoms. The Morgan fingerprint density at radius 1 is 1.40 bits per heavy atom. The quantitative estimate of drug-likeness (QED) is 0.823. The van der Waals surface area contributed by atoms with Crippen LogP contribution in [0, 0.1) is 5.92 Å². The monoisotopic (exact) mass is 289 g/mol. The predicted octanol–water partition coefficient (Wildman–Crippen LogP) is 2.78. The van der Waals surface area contributed by atoms with Gasteiger partial charge in [0.2, 0.25) is 5.91 Å². The normalized spacial score (nSPS) is 19.6. The summed E-state index contributed by atoms with van der Waals surface area (Å²) >= 11 is 0. The Morgan fingerprint density at radius 2 is 2.15 bits per heavy atom. The number of aromatic hydroxyl groups is 1. The molecule has 2 N–H and O–H groups in total. The van der Waals surface area contributed by atoms with Crippen molar-refractivity contribution in [3.8, 4) is 5.75 Å². The van der Waals surface area contributed by atoms with Gasteiger partial charge in [0.25, 0.3) is 0 Å². The molecule has 110 valence electrons. The van der Waals surface area contributed by atoms with Crippen molar-refractivity contribution in [3.63, 3.8) is 0 Å². The molecule has 1 aromatic carbocycles. The lowest BCUT2D eigenvalue weighted by atomic mass is 10.0. The maximum Gasteiger partial charge on any atom is 0.420 e. The van der Waals surface area contributed by atoms with Crippen LogP contribution in [0.25, 0.3) is 0 Å². The van der Waals surface area contributed by atoms with Gasteiger partial charge in [-0.15, -0.1) is 0 Å². The average molecular weight is 289 g/mol. The fraction of sp³-hybridized carbons (Fsp3) is 0.462. The highest BCUT2D eigenvalue weighted by Gasteiger charge is 2.34. The number of phenols is 1. The summed E-state index contributed by atoms with van der Waals surface area (Å²) in [5.74, 6) is -1.59. The maximum atomic E-state index is 12.6. The van der Waals surface area contributed by atoms with Crippen LogP contribution in [0.1, 0.15) is 18.4 Å². The zero-order chi connectivity index (χ0) is 14.8. The third kappa shape index (κ3) is 3.41. The molecular weight excluding hydrogens is 275 g/mol. The van der Waals surface area contributed by atoms with E-state index >= 15 is 0 Å². The number of hydrogen-bond donors (Lipinski definition) is 2. The molecule has 1 saturated heterocycles. The Labute approximate surface area is 113 Å². The summed E-state index contributed by atoms with van der Waals surface area (Å²) in [5, 5.41) is 11.6. The van der Waals surface area contributed by atoms with Crippen molar-refractivity contribution in [3.05, 3.63) is 23.8 Å². The maximum absolute atomic E-state index is 12.6. The lowest BCUT2D eigenvalue weighted by Gasteiger charge is -2.21. The zero-order valence-electron chi connectivity index (χ0n) is 10.5. The number of carbonyl (C=O) groups is 1. The van der Waals surface area contributed by atoms with Gasteiger partial charge in [-0.2, -0.15) is 13.2 Å². The molecule has 1 atom stereocenters. The Balaban J connectivity index is 2.11. The van der Waals surface area contributed by atoms with E-state index in [1.165, 1.54) is 6.07 Å². The van der Waals surface area contributed by atoms with Crippen LogP contribution in [0.15, 0.2) is 18.2 Å². The van der Waals surface area contributed by atoms with Gasteiger partial charge in [-0.3, -0.25) is 4.79 Å². The molecule has 0 aromatic heterocycles. The van der Waals surface area contributed by atoms with Gasteiger partial charge in [0.05, 0.1) is 18.1 Å². The first-order valence-electron chi connectivity index (χ1n) is 6.17. The van der Waals surface area contributed by atoms with E-state index in [1.54, 1.807) is 0 Å². The van der Waals surface area contributed by atoms with E-state index in [9.17, 15) is 23.1 Å². The fourth-order valence-corrected chi connectivity index (χ4v) is 2.03. The second kappa shape index (κ2) is 5.70. The number of nitrogens with one attached hydrogen (secondary N) is 1. The number of phenolic OH excluding ortho intramolecular Hbond substituents is 1. The highest BCUT2D eigenvalue weighted by atomic mass is 19.4. The summed E-state index contributed by atoms with van der Waals surface area (Å²) < 4.78 is 43.0. The number of amides is 1. The third-order valence-electron chi connectivity index (χ3n) is 3.10. The van der Waals surface area contributed by atoms with Crippen LogP contribution < -0.4 is 5.32 Å². The molecule has 0 spiro atoms. The van der Waals surface area contributed by atoms with Gasteiger partial charge in [-0.1, -0.05) is 0 Å².